The molecule has 3 N–H and O–H groups in total. The largest absolute Gasteiger partial charge is 0.409 e. The number of amides is 1. The van der Waals surface area contributed by atoms with E-state index in [1.165, 1.54) is 0 Å². The Kier molecular flexibility index (Phi) is 4.19. The molecule has 1 aromatic heterocycles. The predicted molar refractivity (Wildman–Crippen MR) is 70.7 cm³/mol. The Balaban J connectivity index is 1.94. The Morgan fingerprint density at radius 2 is 2.50 bits per heavy atom. The van der Waals surface area contributed by atoms with Crippen molar-refractivity contribution in [1.29, 1.82) is 0 Å². The monoisotopic (exact) mass is 267 g/mol. The standard InChI is InChI=1S/C12H17N3O2S/c13-12(14-17)9-3-1-5-15(8-9)11(16)7-10-4-2-6-18-10/h2,4,6,9,17H,1,3,5,7-8H2,(H2,13,14). The van der Waals surface area contributed by atoms with Gasteiger partial charge in [-0.2, -0.15) is 0 Å². The SMILES string of the molecule is NC(=NO)C1CCCN(C(=O)Cc2cccs2)C1. The summed E-state index contributed by atoms with van der Waals surface area (Å²) >= 11 is 1.59. The van der Waals surface area contributed by atoms with Crippen molar-refractivity contribution in [1.82, 2.24) is 4.90 Å². The minimum absolute atomic E-state index is 0.0176. The Morgan fingerprint density at radius 1 is 1.67 bits per heavy atom. The van der Waals surface area contributed by atoms with Crippen molar-refractivity contribution in [2.24, 2.45) is 16.8 Å². The highest BCUT2D eigenvalue weighted by Crippen LogP contribution is 2.18. The first-order chi connectivity index (χ1) is 8.70. The van der Waals surface area contributed by atoms with Crippen LogP contribution >= 0.6 is 11.3 Å². The summed E-state index contributed by atoms with van der Waals surface area (Å²) in [7, 11) is 0. The second-order valence-corrected chi connectivity index (χ2v) is 5.49. The van der Waals surface area contributed by atoms with Crippen LogP contribution in [-0.4, -0.2) is 34.9 Å². The number of piperidine rings is 1. The van der Waals surface area contributed by atoms with E-state index in [0.717, 1.165) is 24.3 Å². The summed E-state index contributed by atoms with van der Waals surface area (Å²) in [5.41, 5.74) is 5.61. The van der Waals surface area contributed by atoms with E-state index in [-0.39, 0.29) is 17.7 Å². The molecule has 0 radical (unpaired) electrons. The van der Waals surface area contributed by atoms with Gasteiger partial charge in [0.05, 0.1) is 6.42 Å². The van der Waals surface area contributed by atoms with Gasteiger partial charge in [-0.05, 0) is 24.3 Å². The lowest BCUT2D eigenvalue weighted by Gasteiger charge is -2.32. The lowest BCUT2D eigenvalue weighted by atomic mass is 9.97. The van der Waals surface area contributed by atoms with Crippen LogP contribution in [0.3, 0.4) is 0 Å². The smallest absolute Gasteiger partial charge is 0.227 e. The highest BCUT2D eigenvalue weighted by molar-refractivity contribution is 7.10. The maximum atomic E-state index is 12.1. The molecule has 1 atom stereocenters. The number of hydrogen-bond donors (Lipinski definition) is 2. The normalized spacial score (nSPS) is 21.0. The maximum absolute atomic E-state index is 12.1. The third-order valence-corrected chi connectivity index (χ3v) is 4.09. The van der Waals surface area contributed by atoms with Crippen LogP contribution in [0.1, 0.15) is 17.7 Å². The summed E-state index contributed by atoms with van der Waals surface area (Å²) in [6.45, 7) is 1.32. The van der Waals surface area contributed by atoms with Gasteiger partial charge in [-0.15, -0.1) is 11.3 Å². The van der Waals surface area contributed by atoms with Crippen molar-refractivity contribution in [2.75, 3.05) is 13.1 Å². The number of hydrogen-bond acceptors (Lipinski definition) is 4. The van der Waals surface area contributed by atoms with Crippen LogP contribution in [0.15, 0.2) is 22.7 Å². The fraction of sp³-hybridized carbons (Fsp3) is 0.500. The number of nitrogens with zero attached hydrogens (tertiary/aromatic N) is 2. The minimum Gasteiger partial charge on any atom is -0.409 e. The molecule has 1 aliphatic rings. The summed E-state index contributed by atoms with van der Waals surface area (Å²) in [4.78, 5) is 15.0. The van der Waals surface area contributed by atoms with Crippen molar-refractivity contribution < 1.29 is 10.0 Å². The lowest BCUT2D eigenvalue weighted by Crippen LogP contribution is -2.44. The molecule has 0 aliphatic carbocycles. The third-order valence-electron chi connectivity index (χ3n) is 3.21. The molecule has 0 spiro atoms. The van der Waals surface area contributed by atoms with Crippen molar-refractivity contribution >= 4 is 23.1 Å². The quantitative estimate of drug-likeness (QED) is 0.375. The molecular weight excluding hydrogens is 250 g/mol. The fourth-order valence-electron chi connectivity index (χ4n) is 2.20. The average molecular weight is 267 g/mol. The van der Waals surface area contributed by atoms with Crippen LogP contribution in [0.4, 0.5) is 0 Å². The van der Waals surface area contributed by atoms with Crippen molar-refractivity contribution in [2.45, 2.75) is 19.3 Å². The van der Waals surface area contributed by atoms with Gasteiger partial charge in [0.2, 0.25) is 5.91 Å². The number of likely N-dealkylation sites (tertiary alicyclic amines) is 1. The average Bonchev–Trinajstić information content (AvgIpc) is 2.90. The first kappa shape index (κ1) is 12.9. The molecule has 18 heavy (non-hydrogen) atoms. The molecule has 98 valence electrons. The second kappa shape index (κ2) is 5.86. The Bertz CT molecular complexity index is 431. The van der Waals surface area contributed by atoms with Crippen LogP contribution in [0.25, 0.3) is 0 Å². The van der Waals surface area contributed by atoms with Crippen LogP contribution < -0.4 is 5.73 Å². The zero-order chi connectivity index (χ0) is 13.0. The Morgan fingerprint density at radius 3 is 3.17 bits per heavy atom. The highest BCUT2D eigenvalue weighted by atomic mass is 32.1. The molecule has 6 heteroatoms. The maximum Gasteiger partial charge on any atom is 0.227 e. The van der Waals surface area contributed by atoms with E-state index < -0.39 is 0 Å². The van der Waals surface area contributed by atoms with Gasteiger partial charge < -0.3 is 15.8 Å². The van der Waals surface area contributed by atoms with Gasteiger partial charge in [0.15, 0.2) is 0 Å². The highest BCUT2D eigenvalue weighted by Gasteiger charge is 2.26. The van der Waals surface area contributed by atoms with E-state index in [4.69, 9.17) is 10.9 Å². The number of carbonyl (C=O) groups is 1. The van der Waals surface area contributed by atoms with Crippen LogP contribution in [0, 0.1) is 5.92 Å². The molecule has 0 aromatic carbocycles. The summed E-state index contributed by atoms with van der Waals surface area (Å²) in [5.74, 6) is 0.326. The van der Waals surface area contributed by atoms with Crippen molar-refractivity contribution in [3.8, 4) is 0 Å². The van der Waals surface area contributed by atoms with E-state index in [2.05, 4.69) is 5.16 Å². The molecule has 1 fully saturated rings. The van der Waals surface area contributed by atoms with Gasteiger partial charge >= 0.3 is 0 Å². The lowest BCUT2D eigenvalue weighted by molar-refractivity contribution is -0.131. The van der Waals surface area contributed by atoms with Gasteiger partial charge in [-0.25, -0.2) is 0 Å². The summed E-state index contributed by atoms with van der Waals surface area (Å²) in [6, 6.07) is 3.91. The van der Waals surface area contributed by atoms with E-state index in [1.54, 1.807) is 11.3 Å². The molecule has 1 unspecified atom stereocenters. The van der Waals surface area contributed by atoms with Gasteiger partial charge in [0.1, 0.15) is 5.84 Å². The van der Waals surface area contributed by atoms with E-state index in [9.17, 15) is 4.79 Å². The summed E-state index contributed by atoms with van der Waals surface area (Å²) in [6.07, 6.45) is 2.22. The van der Waals surface area contributed by atoms with Crippen molar-refractivity contribution in [3.63, 3.8) is 0 Å². The number of amidine groups is 1. The molecule has 1 aliphatic heterocycles. The number of rotatable bonds is 3. The fourth-order valence-corrected chi connectivity index (χ4v) is 2.90. The topological polar surface area (TPSA) is 78.9 Å². The van der Waals surface area contributed by atoms with E-state index in [0.29, 0.717) is 13.0 Å². The zero-order valence-electron chi connectivity index (χ0n) is 10.1. The van der Waals surface area contributed by atoms with Gasteiger partial charge in [-0.1, -0.05) is 11.2 Å². The molecule has 1 aromatic rings. The number of thiophene rings is 1. The number of nitrogens with two attached hydrogens (primary N) is 1. The third kappa shape index (κ3) is 3.01. The molecule has 2 heterocycles. The number of oxime groups is 1. The second-order valence-electron chi connectivity index (χ2n) is 4.46. The first-order valence-electron chi connectivity index (χ1n) is 5.98. The minimum atomic E-state index is -0.0176. The predicted octanol–water partition coefficient (Wildman–Crippen LogP) is 1.28. The van der Waals surface area contributed by atoms with E-state index >= 15 is 0 Å². The van der Waals surface area contributed by atoms with Crippen LogP contribution in [0.5, 0.6) is 0 Å². The van der Waals surface area contributed by atoms with Gasteiger partial charge in [0, 0.05) is 23.9 Å². The van der Waals surface area contributed by atoms with Crippen LogP contribution in [-0.2, 0) is 11.2 Å². The Hall–Kier alpha value is -1.56. The van der Waals surface area contributed by atoms with Crippen LogP contribution in [0.2, 0.25) is 0 Å². The van der Waals surface area contributed by atoms with Gasteiger partial charge in [0.25, 0.3) is 0 Å². The molecule has 1 amide bonds. The molecule has 5 nitrogen and oxygen atoms in total. The van der Waals surface area contributed by atoms with Crippen molar-refractivity contribution in [3.05, 3.63) is 22.4 Å². The van der Waals surface area contributed by atoms with Gasteiger partial charge in [-0.3, -0.25) is 4.79 Å². The zero-order valence-corrected chi connectivity index (χ0v) is 10.9. The first-order valence-corrected chi connectivity index (χ1v) is 6.86. The molecular formula is C12H17N3O2S. The summed E-state index contributed by atoms with van der Waals surface area (Å²) < 4.78 is 0. The summed E-state index contributed by atoms with van der Waals surface area (Å²) in [5, 5.41) is 13.7. The molecule has 0 bridgehead atoms. The number of carbonyl (C=O) groups excluding carboxylic acids is 1. The Labute approximate surface area is 110 Å². The molecule has 1 saturated heterocycles. The molecule has 0 saturated carbocycles. The van der Waals surface area contributed by atoms with E-state index in [1.807, 2.05) is 22.4 Å². The molecule has 2 rings (SSSR count).